The van der Waals surface area contributed by atoms with Crippen LogP contribution < -0.4 is 21.5 Å². The zero-order valence-corrected chi connectivity index (χ0v) is 23.0. The van der Waals surface area contributed by atoms with Crippen molar-refractivity contribution in [1.82, 2.24) is 10.3 Å². The molecule has 0 saturated carbocycles. The van der Waals surface area contributed by atoms with Crippen LogP contribution in [0.5, 0.6) is 0 Å². The molecule has 0 bridgehead atoms. The number of nitrogens with one attached hydrogen (secondary N) is 4. The van der Waals surface area contributed by atoms with E-state index in [9.17, 15) is 22.8 Å². The molecular formula is C30H32N4O5S. The van der Waals surface area contributed by atoms with Crippen molar-refractivity contribution < 1.29 is 18.0 Å². The molecule has 1 heterocycles. The summed E-state index contributed by atoms with van der Waals surface area (Å²) < 4.78 is 25.4. The van der Waals surface area contributed by atoms with Gasteiger partial charge < -0.3 is 20.9 Å². The van der Waals surface area contributed by atoms with Crippen LogP contribution in [0.1, 0.15) is 30.9 Å². The van der Waals surface area contributed by atoms with E-state index in [0.29, 0.717) is 35.2 Å². The lowest BCUT2D eigenvalue weighted by Gasteiger charge is -2.14. The summed E-state index contributed by atoms with van der Waals surface area (Å²) in [7, 11) is -3.56. The molecule has 4 aromatic rings. The molecule has 10 heteroatoms. The first-order valence-electron chi connectivity index (χ1n) is 13.1. The molecule has 0 saturated heterocycles. The van der Waals surface area contributed by atoms with Crippen molar-refractivity contribution in [1.29, 1.82) is 0 Å². The number of carbonyl (C=O) groups is 2. The topological polar surface area (TPSA) is 137 Å². The Balaban J connectivity index is 1.37. The van der Waals surface area contributed by atoms with E-state index in [-0.39, 0.29) is 41.1 Å². The molecule has 2 amide bonds. The number of aromatic nitrogens is 1. The van der Waals surface area contributed by atoms with Crippen LogP contribution in [0.2, 0.25) is 0 Å². The SMILES string of the molecule is CCS(=O)(=O)c1ccc(NC(=O)CCCc2ccccc2)cc1CNC(=O)CNc1ccc2cc[nH]c(=O)c2c1. The fourth-order valence-electron chi connectivity index (χ4n) is 4.31. The molecule has 0 spiro atoms. The molecule has 208 valence electrons. The van der Waals surface area contributed by atoms with Gasteiger partial charge in [-0.15, -0.1) is 0 Å². The number of aromatic amines is 1. The highest BCUT2D eigenvalue weighted by atomic mass is 32.2. The van der Waals surface area contributed by atoms with Crippen molar-refractivity contribution in [2.75, 3.05) is 22.9 Å². The molecule has 40 heavy (non-hydrogen) atoms. The number of pyridine rings is 1. The molecule has 9 nitrogen and oxygen atoms in total. The summed E-state index contributed by atoms with van der Waals surface area (Å²) in [4.78, 5) is 39.9. The number of sulfone groups is 1. The van der Waals surface area contributed by atoms with Crippen LogP contribution in [0.3, 0.4) is 0 Å². The smallest absolute Gasteiger partial charge is 0.255 e. The van der Waals surface area contributed by atoms with Gasteiger partial charge in [-0.25, -0.2) is 8.42 Å². The molecule has 1 aromatic heterocycles. The Hall–Kier alpha value is -4.44. The van der Waals surface area contributed by atoms with Gasteiger partial charge in [-0.05, 0) is 65.8 Å². The van der Waals surface area contributed by atoms with Crippen molar-refractivity contribution in [2.45, 2.75) is 37.6 Å². The van der Waals surface area contributed by atoms with Gasteiger partial charge in [0.2, 0.25) is 11.8 Å². The average molecular weight is 561 g/mol. The van der Waals surface area contributed by atoms with Gasteiger partial charge in [0.05, 0.1) is 17.2 Å². The van der Waals surface area contributed by atoms with Crippen molar-refractivity contribution in [3.05, 3.63) is 100 Å². The fraction of sp³-hybridized carbons (Fsp3) is 0.233. The number of hydrogen-bond donors (Lipinski definition) is 4. The fourth-order valence-corrected chi connectivity index (χ4v) is 5.42. The van der Waals surface area contributed by atoms with E-state index in [2.05, 4.69) is 20.9 Å². The largest absolute Gasteiger partial charge is 0.376 e. The Labute approximate surface area is 232 Å². The highest BCUT2D eigenvalue weighted by Gasteiger charge is 2.18. The lowest BCUT2D eigenvalue weighted by atomic mass is 10.1. The number of carbonyl (C=O) groups excluding carboxylic acids is 2. The number of hydrogen-bond acceptors (Lipinski definition) is 6. The summed E-state index contributed by atoms with van der Waals surface area (Å²) in [5, 5.41) is 9.84. The normalized spacial score (nSPS) is 11.2. The standard InChI is InChI=1S/C30H32N4O5S/c1-2-40(38,39)27-14-13-25(34-28(35)10-6-9-21-7-4-3-5-8-21)17-23(27)19-33-29(36)20-32-24-12-11-22-15-16-31-30(37)26(22)18-24/h3-5,7-8,11-18,32H,2,6,9-10,19-20H2,1H3,(H,31,37)(H,33,36)(H,34,35). The number of amides is 2. The maximum atomic E-state index is 12.7. The molecule has 3 aromatic carbocycles. The number of H-pyrrole nitrogens is 1. The van der Waals surface area contributed by atoms with Gasteiger partial charge in [-0.1, -0.05) is 43.3 Å². The van der Waals surface area contributed by atoms with Gasteiger partial charge in [0.1, 0.15) is 0 Å². The third kappa shape index (κ3) is 7.57. The Kier molecular flexibility index (Phi) is 9.34. The molecule has 0 unspecified atom stereocenters. The van der Waals surface area contributed by atoms with Gasteiger partial charge in [-0.3, -0.25) is 14.4 Å². The third-order valence-electron chi connectivity index (χ3n) is 6.48. The Bertz CT molecular complexity index is 1670. The van der Waals surface area contributed by atoms with Gasteiger partial charge in [0.25, 0.3) is 5.56 Å². The summed E-state index contributed by atoms with van der Waals surface area (Å²) in [6, 6.07) is 21.5. The Morgan fingerprint density at radius 3 is 2.45 bits per heavy atom. The predicted molar refractivity (Wildman–Crippen MR) is 157 cm³/mol. The number of aryl methyl sites for hydroxylation is 1. The second-order valence-corrected chi connectivity index (χ2v) is 11.6. The van der Waals surface area contributed by atoms with Crippen LogP contribution in [0.15, 0.2) is 88.7 Å². The monoisotopic (exact) mass is 560 g/mol. The Morgan fingerprint density at radius 1 is 0.900 bits per heavy atom. The molecule has 0 radical (unpaired) electrons. The quantitative estimate of drug-likeness (QED) is 0.207. The number of anilines is 2. The van der Waals surface area contributed by atoms with E-state index in [1.807, 2.05) is 30.3 Å². The maximum Gasteiger partial charge on any atom is 0.255 e. The van der Waals surface area contributed by atoms with E-state index in [1.165, 1.54) is 6.07 Å². The van der Waals surface area contributed by atoms with E-state index >= 15 is 0 Å². The summed E-state index contributed by atoms with van der Waals surface area (Å²) >= 11 is 0. The maximum absolute atomic E-state index is 12.7. The van der Waals surface area contributed by atoms with Crippen LogP contribution in [0.25, 0.3) is 10.8 Å². The van der Waals surface area contributed by atoms with Crippen molar-refractivity contribution >= 4 is 43.8 Å². The molecule has 0 atom stereocenters. The molecular weight excluding hydrogens is 528 g/mol. The molecule has 0 aliphatic heterocycles. The second kappa shape index (κ2) is 13.1. The van der Waals surface area contributed by atoms with Crippen molar-refractivity contribution in [3.8, 4) is 0 Å². The summed E-state index contributed by atoms with van der Waals surface area (Å²) in [5.41, 5.74) is 2.38. The van der Waals surface area contributed by atoms with Gasteiger partial charge in [0.15, 0.2) is 9.84 Å². The first-order valence-corrected chi connectivity index (χ1v) is 14.7. The van der Waals surface area contributed by atoms with E-state index in [0.717, 1.165) is 17.4 Å². The van der Waals surface area contributed by atoms with E-state index in [1.54, 1.807) is 49.5 Å². The van der Waals surface area contributed by atoms with Crippen molar-refractivity contribution in [2.24, 2.45) is 0 Å². The highest BCUT2D eigenvalue weighted by Crippen LogP contribution is 2.22. The minimum Gasteiger partial charge on any atom is -0.376 e. The lowest BCUT2D eigenvalue weighted by molar-refractivity contribution is -0.119. The number of rotatable bonds is 12. The zero-order chi connectivity index (χ0) is 28.5. The summed E-state index contributed by atoms with van der Waals surface area (Å²) in [6.07, 6.45) is 3.36. The van der Waals surface area contributed by atoms with Crippen LogP contribution in [-0.2, 0) is 32.4 Å². The predicted octanol–water partition coefficient (Wildman–Crippen LogP) is 4.01. The van der Waals surface area contributed by atoms with Crippen LogP contribution >= 0.6 is 0 Å². The molecule has 0 aliphatic rings. The van der Waals surface area contributed by atoms with E-state index < -0.39 is 9.84 Å². The van der Waals surface area contributed by atoms with Crippen LogP contribution in [0, 0.1) is 0 Å². The van der Waals surface area contributed by atoms with E-state index in [4.69, 9.17) is 0 Å². The third-order valence-corrected chi connectivity index (χ3v) is 8.30. The first-order chi connectivity index (χ1) is 19.2. The highest BCUT2D eigenvalue weighted by molar-refractivity contribution is 7.91. The van der Waals surface area contributed by atoms with Crippen LogP contribution in [-0.4, -0.2) is 37.5 Å². The van der Waals surface area contributed by atoms with Gasteiger partial charge in [-0.2, -0.15) is 0 Å². The molecule has 4 N–H and O–H groups in total. The first kappa shape index (κ1) is 28.6. The summed E-state index contributed by atoms with van der Waals surface area (Å²) in [5.74, 6) is -0.630. The average Bonchev–Trinajstić information content (AvgIpc) is 2.96. The molecule has 0 fully saturated rings. The number of benzene rings is 3. The second-order valence-electron chi connectivity index (χ2n) is 9.35. The minimum atomic E-state index is -3.56. The molecule has 0 aliphatic carbocycles. The number of fused-ring (bicyclic) bond motifs is 1. The Morgan fingerprint density at radius 2 is 1.68 bits per heavy atom. The van der Waals surface area contributed by atoms with Crippen molar-refractivity contribution in [3.63, 3.8) is 0 Å². The lowest BCUT2D eigenvalue weighted by Crippen LogP contribution is -2.30. The van der Waals surface area contributed by atoms with Gasteiger partial charge in [0, 0.05) is 35.9 Å². The molecule has 4 rings (SSSR count). The van der Waals surface area contributed by atoms with Crippen LogP contribution in [0.4, 0.5) is 11.4 Å². The minimum absolute atomic E-state index is 0.0375. The summed E-state index contributed by atoms with van der Waals surface area (Å²) in [6.45, 7) is 1.44. The zero-order valence-electron chi connectivity index (χ0n) is 22.2. The van der Waals surface area contributed by atoms with Gasteiger partial charge >= 0.3 is 0 Å².